The van der Waals surface area contributed by atoms with E-state index >= 15 is 0 Å². The zero-order chi connectivity index (χ0) is 11.3. The smallest absolute Gasteiger partial charge is 0.218 e. The van der Waals surface area contributed by atoms with Crippen LogP contribution in [0.2, 0.25) is 0 Å². The topological polar surface area (TPSA) is 58.4 Å². The normalized spacial score (nSPS) is 21.5. The lowest BCUT2D eigenvalue weighted by Crippen LogP contribution is -2.38. The van der Waals surface area contributed by atoms with Gasteiger partial charge in [0.05, 0.1) is 0 Å². The Labute approximate surface area is 92.2 Å². The first kappa shape index (κ1) is 12.5. The number of nitrogens with two attached hydrogens (primary N) is 1. The summed E-state index contributed by atoms with van der Waals surface area (Å²) in [5, 5.41) is 3.38. The average molecular weight is 213 g/mol. The first-order chi connectivity index (χ1) is 7.08. The number of piperidine rings is 1. The molecular weight excluding hydrogens is 190 g/mol. The number of amides is 1. The van der Waals surface area contributed by atoms with Crippen molar-refractivity contribution in [3.63, 3.8) is 0 Å². The van der Waals surface area contributed by atoms with Crippen LogP contribution in [-0.4, -0.2) is 43.5 Å². The van der Waals surface area contributed by atoms with Crippen LogP contribution in [0.25, 0.3) is 0 Å². The van der Waals surface area contributed by atoms with Gasteiger partial charge in [0.2, 0.25) is 5.91 Å². The first-order valence-corrected chi connectivity index (χ1v) is 5.78. The van der Waals surface area contributed by atoms with Crippen LogP contribution < -0.4 is 11.1 Å². The van der Waals surface area contributed by atoms with E-state index in [1.807, 2.05) is 6.92 Å². The monoisotopic (exact) mass is 213 g/mol. The van der Waals surface area contributed by atoms with Crippen molar-refractivity contribution in [3.8, 4) is 0 Å². The minimum absolute atomic E-state index is 0.210. The molecule has 0 radical (unpaired) electrons. The molecule has 1 fully saturated rings. The molecule has 0 aromatic carbocycles. The summed E-state index contributed by atoms with van der Waals surface area (Å²) in [6, 6.07) is 0.210. The molecule has 0 spiro atoms. The molecule has 0 saturated carbocycles. The second kappa shape index (κ2) is 6.08. The van der Waals surface area contributed by atoms with E-state index in [1.54, 1.807) is 0 Å². The minimum Gasteiger partial charge on any atom is -0.370 e. The fraction of sp³-hybridized carbons (Fsp3) is 0.909. The van der Waals surface area contributed by atoms with Crippen molar-refractivity contribution in [2.75, 3.05) is 26.7 Å². The maximum absolute atomic E-state index is 10.7. The third kappa shape index (κ3) is 5.14. The molecule has 0 aromatic rings. The first-order valence-electron chi connectivity index (χ1n) is 5.78. The summed E-state index contributed by atoms with van der Waals surface area (Å²) < 4.78 is 0. The third-order valence-corrected chi connectivity index (χ3v) is 3.10. The van der Waals surface area contributed by atoms with Crippen LogP contribution in [0.1, 0.15) is 26.2 Å². The van der Waals surface area contributed by atoms with Gasteiger partial charge in [-0.15, -0.1) is 0 Å². The van der Waals surface area contributed by atoms with E-state index in [0.29, 0.717) is 6.42 Å². The van der Waals surface area contributed by atoms with Gasteiger partial charge in [-0.2, -0.15) is 0 Å². The van der Waals surface area contributed by atoms with Gasteiger partial charge in [0.15, 0.2) is 0 Å². The van der Waals surface area contributed by atoms with Gasteiger partial charge in [0.1, 0.15) is 0 Å². The molecule has 0 aliphatic carbocycles. The highest BCUT2D eigenvalue weighted by Gasteiger charge is 2.17. The van der Waals surface area contributed by atoms with E-state index in [4.69, 9.17) is 5.73 Å². The summed E-state index contributed by atoms with van der Waals surface area (Å²) in [4.78, 5) is 13.0. The molecule has 4 heteroatoms. The van der Waals surface area contributed by atoms with E-state index in [1.165, 1.54) is 25.9 Å². The van der Waals surface area contributed by atoms with Crippen molar-refractivity contribution in [2.24, 2.45) is 11.7 Å². The SMILES string of the molecule is CC(CC(N)=O)NCC1CCN(C)CC1. The largest absolute Gasteiger partial charge is 0.370 e. The molecule has 1 saturated heterocycles. The van der Waals surface area contributed by atoms with Crippen molar-refractivity contribution in [3.05, 3.63) is 0 Å². The highest BCUT2D eigenvalue weighted by molar-refractivity contribution is 5.74. The van der Waals surface area contributed by atoms with Crippen LogP contribution in [0.4, 0.5) is 0 Å². The van der Waals surface area contributed by atoms with Crippen molar-refractivity contribution >= 4 is 5.91 Å². The number of carbonyl (C=O) groups excluding carboxylic acids is 1. The molecule has 1 aliphatic heterocycles. The molecular formula is C11H23N3O. The number of likely N-dealkylation sites (tertiary alicyclic amines) is 1. The van der Waals surface area contributed by atoms with Gasteiger partial charge in [-0.05, 0) is 52.4 Å². The molecule has 88 valence electrons. The van der Waals surface area contributed by atoms with Gasteiger partial charge in [0.25, 0.3) is 0 Å². The lowest BCUT2D eigenvalue weighted by Gasteiger charge is -2.29. The van der Waals surface area contributed by atoms with E-state index < -0.39 is 0 Å². The fourth-order valence-electron chi connectivity index (χ4n) is 2.01. The lowest BCUT2D eigenvalue weighted by atomic mass is 9.97. The highest BCUT2D eigenvalue weighted by atomic mass is 16.1. The number of rotatable bonds is 5. The van der Waals surface area contributed by atoms with Gasteiger partial charge >= 0.3 is 0 Å². The third-order valence-electron chi connectivity index (χ3n) is 3.10. The molecule has 1 rings (SSSR count). The van der Waals surface area contributed by atoms with E-state index in [0.717, 1.165) is 12.5 Å². The molecule has 4 nitrogen and oxygen atoms in total. The Morgan fingerprint density at radius 1 is 1.53 bits per heavy atom. The van der Waals surface area contributed by atoms with Gasteiger partial charge in [-0.25, -0.2) is 0 Å². The number of carbonyl (C=O) groups is 1. The maximum atomic E-state index is 10.7. The van der Waals surface area contributed by atoms with Crippen LogP contribution in [-0.2, 0) is 4.79 Å². The Bertz CT molecular complexity index is 200. The summed E-state index contributed by atoms with van der Waals surface area (Å²) in [5.74, 6) is 0.537. The van der Waals surface area contributed by atoms with Gasteiger partial charge in [-0.1, -0.05) is 0 Å². The Balaban J connectivity index is 2.11. The standard InChI is InChI=1S/C11H23N3O/c1-9(7-11(12)15)13-8-10-3-5-14(2)6-4-10/h9-10,13H,3-8H2,1-2H3,(H2,12,15). The lowest BCUT2D eigenvalue weighted by molar-refractivity contribution is -0.118. The summed E-state index contributed by atoms with van der Waals surface area (Å²) in [6.45, 7) is 5.41. The highest BCUT2D eigenvalue weighted by Crippen LogP contribution is 2.14. The fourth-order valence-corrected chi connectivity index (χ4v) is 2.01. The molecule has 1 heterocycles. The van der Waals surface area contributed by atoms with Crippen molar-refractivity contribution < 1.29 is 4.79 Å². The van der Waals surface area contributed by atoms with Crippen LogP contribution in [0.15, 0.2) is 0 Å². The molecule has 1 unspecified atom stereocenters. The number of nitrogens with one attached hydrogen (secondary N) is 1. The molecule has 3 N–H and O–H groups in total. The van der Waals surface area contributed by atoms with Gasteiger partial charge in [0, 0.05) is 12.5 Å². The van der Waals surface area contributed by atoms with Crippen molar-refractivity contribution in [1.82, 2.24) is 10.2 Å². The van der Waals surface area contributed by atoms with Crippen LogP contribution >= 0.6 is 0 Å². The number of primary amides is 1. The summed E-state index contributed by atoms with van der Waals surface area (Å²) in [5.41, 5.74) is 5.13. The molecule has 1 amide bonds. The zero-order valence-electron chi connectivity index (χ0n) is 9.83. The van der Waals surface area contributed by atoms with Gasteiger partial charge < -0.3 is 16.0 Å². The van der Waals surface area contributed by atoms with Crippen LogP contribution in [0.5, 0.6) is 0 Å². The molecule has 15 heavy (non-hydrogen) atoms. The molecule has 1 aliphatic rings. The van der Waals surface area contributed by atoms with Crippen LogP contribution in [0, 0.1) is 5.92 Å². The maximum Gasteiger partial charge on any atom is 0.218 e. The summed E-state index contributed by atoms with van der Waals surface area (Å²) in [6.07, 6.45) is 2.95. The number of hydrogen-bond acceptors (Lipinski definition) is 3. The second-order valence-corrected chi connectivity index (χ2v) is 4.73. The number of nitrogens with zero attached hydrogens (tertiary/aromatic N) is 1. The number of hydrogen-bond donors (Lipinski definition) is 2. The van der Waals surface area contributed by atoms with Crippen molar-refractivity contribution in [2.45, 2.75) is 32.2 Å². The van der Waals surface area contributed by atoms with Crippen LogP contribution in [0.3, 0.4) is 0 Å². The Kier molecular flexibility index (Phi) is 5.05. The molecule has 0 aromatic heterocycles. The van der Waals surface area contributed by atoms with Gasteiger partial charge in [-0.3, -0.25) is 4.79 Å². The Morgan fingerprint density at radius 2 is 2.13 bits per heavy atom. The molecule has 1 atom stereocenters. The Morgan fingerprint density at radius 3 is 2.67 bits per heavy atom. The molecule has 0 bridgehead atoms. The second-order valence-electron chi connectivity index (χ2n) is 4.73. The Hall–Kier alpha value is -0.610. The van der Waals surface area contributed by atoms with E-state index in [2.05, 4.69) is 17.3 Å². The summed E-state index contributed by atoms with van der Waals surface area (Å²) in [7, 11) is 2.17. The van der Waals surface area contributed by atoms with E-state index in [9.17, 15) is 4.79 Å². The van der Waals surface area contributed by atoms with E-state index in [-0.39, 0.29) is 11.9 Å². The average Bonchev–Trinajstić information content (AvgIpc) is 2.16. The predicted octanol–water partition coefficient (Wildman–Crippen LogP) is 0.182. The minimum atomic E-state index is -0.224. The zero-order valence-corrected chi connectivity index (χ0v) is 9.83. The quantitative estimate of drug-likeness (QED) is 0.685. The summed E-state index contributed by atoms with van der Waals surface area (Å²) >= 11 is 0. The predicted molar refractivity (Wildman–Crippen MR) is 61.5 cm³/mol. The van der Waals surface area contributed by atoms with Crippen molar-refractivity contribution in [1.29, 1.82) is 0 Å².